The van der Waals surface area contributed by atoms with Crippen molar-refractivity contribution >= 4 is 0 Å². The second-order valence-corrected chi connectivity index (χ2v) is 5.95. The summed E-state index contributed by atoms with van der Waals surface area (Å²) in [4.78, 5) is 0. The SMILES string of the molecule is CC(C)C.CCC(O)(CC)CCCC(C)C. The maximum absolute atomic E-state index is 9.94. The third-order valence-electron chi connectivity index (χ3n) is 2.74. The third-order valence-corrected chi connectivity index (χ3v) is 2.74. The van der Waals surface area contributed by atoms with Crippen molar-refractivity contribution in [2.45, 2.75) is 86.2 Å². The molecular weight excluding hydrogens is 196 g/mol. The molecule has 0 unspecified atom stereocenters. The number of hydrogen-bond acceptors (Lipinski definition) is 1. The van der Waals surface area contributed by atoms with E-state index in [1.165, 1.54) is 6.42 Å². The molecule has 0 aromatic rings. The summed E-state index contributed by atoms with van der Waals surface area (Å²) in [5.74, 6) is 1.60. The van der Waals surface area contributed by atoms with Crippen LogP contribution in [0.15, 0.2) is 0 Å². The van der Waals surface area contributed by atoms with Crippen LogP contribution in [0.5, 0.6) is 0 Å². The van der Waals surface area contributed by atoms with E-state index in [0.717, 1.165) is 37.5 Å². The van der Waals surface area contributed by atoms with Gasteiger partial charge in [0.25, 0.3) is 0 Å². The van der Waals surface area contributed by atoms with Gasteiger partial charge in [0, 0.05) is 0 Å². The van der Waals surface area contributed by atoms with Gasteiger partial charge in [0.15, 0.2) is 0 Å². The molecule has 0 aliphatic carbocycles. The second-order valence-electron chi connectivity index (χ2n) is 5.95. The molecule has 0 fully saturated rings. The fourth-order valence-corrected chi connectivity index (χ4v) is 1.44. The highest BCUT2D eigenvalue weighted by atomic mass is 16.3. The van der Waals surface area contributed by atoms with E-state index < -0.39 is 0 Å². The molecule has 1 N–H and O–H groups in total. The molecular formula is C15H34O. The molecule has 0 saturated carbocycles. The second kappa shape index (κ2) is 10.1. The van der Waals surface area contributed by atoms with Crippen LogP contribution in [0.4, 0.5) is 0 Å². The predicted molar refractivity (Wildman–Crippen MR) is 74.7 cm³/mol. The van der Waals surface area contributed by atoms with Gasteiger partial charge in [0.1, 0.15) is 0 Å². The molecule has 0 rings (SSSR count). The Bertz CT molecular complexity index is 132. The zero-order valence-corrected chi connectivity index (χ0v) is 12.6. The monoisotopic (exact) mass is 230 g/mol. The van der Waals surface area contributed by atoms with Gasteiger partial charge in [-0.3, -0.25) is 0 Å². The summed E-state index contributed by atoms with van der Waals surface area (Å²) >= 11 is 0. The fraction of sp³-hybridized carbons (Fsp3) is 1.00. The van der Waals surface area contributed by atoms with Crippen molar-refractivity contribution in [1.29, 1.82) is 0 Å². The van der Waals surface area contributed by atoms with Crippen LogP contribution in [0.2, 0.25) is 0 Å². The van der Waals surface area contributed by atoms with Crippen molar-refractivity contribution in [1.82, 2.24) is 0 Å². The van der Waals surface area contributed by atoms with E-state index >= 15 is 0 Å². The molecule has 0 aliphatic heterocycles. The van der Waals surface area contributed by atoms with Crippen molar-refractivity contribution in [3.05, 3.63) is 0 Å². The average Bonchev–Trinajstić information content (AvgIpc) is 2.16. The largest absolute Gasteiger partial charge is 0.390 e. The first-order chi connectivity index (χ1) is 7.27. The van der Waals surface area contributed by atoms with Gasteiger partial charge in [-0.1, -0.05) is 61.3 Å². The van der Waals surface area contributed by atoms with Crippen LogP contribution in [0.25, 0.3) is 0 Å². The van der Waals surface area contributed by atoms with E-state index in [-0.39, 0.29) is 5.60 Å². The fourth-order valence-electron chi connectivity index (χ4n) is 1.44. The first-order valence-electron chi connectivity index (χ1n) is 6.99. The Morgan fingerprint density at radius 1 is 0.938 bits per heavy atom. The van der Waals surface area contributed by atoms with Crippen molar-refractivity contribution < 1.29 is 5.11 Å². The van der Waals surface area contributed by atoms with Crippen LogP contribution in [0.1, 0.15) is 80.6 Å². The summed E-state index contributed by atoms with van der Waals surface area (Å²) in [6, 6.07) is 0. The summed E-state index contributed by atoms with van der Waals surface area (Å²) in [5.41, 5.74) is -0.380. The topological polar surface area (TPSA) is 20.2 Å². The van der Waals surface area contributed by atoms with Crippen molar-refractivity contribution in [2.75, 3.05) is 0 Å². The van der Waals surface area contributed by atoms with Crippen LogP contribution in [-0.4, -0.2) is 10.7 Å². The predicted octanol–water partition coefficient (Wildman–Crippen LogP) is 5.03. The molecule has 1 heteroatoms. The van der Waals surface area contributed by atoms with E-state index in [1.54, 1.807) is 0 Å². The molecule has 0 bridgehead atoms. The summed E-state index contributed by atoms with van der Waals surface area (Å²) in [6.45, 7) is 15.1. The molecule has 0 spiro atoms. The molecule has 0 heterocycles. The molecule has 16 heavy (non-hydrogen) atoms. The van der Waals surface area contributed by atoms with E-state index in [1.807, 2.05) is 0 Å². The molecule has 0 aromatic carbocycles. The van der Waals surface area contributed by atoms with Gasteiger partial charge in [-0.05, 0) is 31.1 Å². The Labute approximate surface area is 104 Å². The van der Waals surface area contributed by atoms with E-state index in [2.05, 4.69) is 48.5 Å². The van der Waals surface area contributed by atoms with Crippen LogP contribution in [-0.2, 0) is 0 Å². The maximum atomic E-state index is 9.94. The Hall–Kier alpha value is -0.0400. The average molecular weight is 230 g/mol. The van der Waals surface area contributed by atoms with Crippen LogP contribution < -0.4 is 0 Å². The Balaban J connectivity index is 0. The molecule has 0 aliphatic rings. The Morgan fingerprint density at radius 2 is 1.31 bits per heavy atom. The molecule has 0 radical (unpaired) electrons. The van der Waals surface area contributed by atoms with E-state index in [9.17, 15) is 5.11 Å². The highest BCUT2D eigenvalue weighted by molar-refractivity contribution is 4.74. The first-order valence-corrected chi connectivity index (χ1v) is 6.99. The molecule has 0 atom stereocenters. The number of rotatable bonds is 6. The van der Waals surface area contributed by atoms with Crippen LogP contribution in [0, 0.1) is 11.8 Å². The summed E-state index contributed by atoms with van der Waals surface area (Å²) in [7, 11) is 0. The Morgan fingerprint density at radius 3 is 1.56 bits per heavy atom. The van der Waals surface area contributed by atoms with Gasteiger partial charge in [0.2, 0.25) is 0 Å². The smallest absolute Gasteiger partial charge is 0.0642 e. The lowest BCUT2D eigenvalue weighted by Crippen LogP contribution is -2.26. The number of aliphatic hydroxyl groups is 1. The van der Waals surface area contributed by atoms with Gasteiger partial charge < -0.3 is 5.11 Å². The van der Waals surface area contributed by atoms with Gasteiger partial charge >= 0.3 is 0 Å². The summed E-state index contributed by atoms with van der Waals surface area (Å²) in [6.07, 6.45) is 5.15. The zero-order valence-electron chi connectivity index (χ0n) is 12.6. The lowest BCUT2D eigenvalue weighted by molar-refractivity contribution is 0.0205. The van der Waals surface area contributed by atoms with Crippen molar-refractivity contribution in [3.8, 4) is 0 Å². The van der Waals surface area contributed by atoms with E-state index in [4.69, 9.17) is 0 Å². The normalized spacial score (nSPS) is 11.6. The van der Waals surface area contributed by atoms with Gasteiger partial charge in [-0.2, -0.15) is 0 Å². The standard InChI is InChI=1S/C11H24O.C4H10/c1-5-11(12,6-2)9-7-8-10(3)4;1-4(2)3/h10,12H,5-9H2,1-4H3;4H,1-3H3. The summed E-state index contributed by atoms with van der Waals surface area (Å²) < 4.78 is 0. The zero-order chi connectivity index (χ0) is 13.2. The maximum Gasteiger partial charge on any atom is 0.0642 e. The third kappa shape index (κ3) is 14.0. The Kier molecular flexibility index (Phi) is 11.6. The quantitative estimate of drug-likeness (QED) is 0.679. The van der Waals surface area contributed by atoms with E-state index in [0.29, 0.717) is 0 Å². The number of hydrogen-bond donors (Lipinski definition) is 1. The van der Waals surface area contributed by atoms with Gasteiger partial charge in [-0.15, -0.1) is 0 Å². The summed E-state index contributed by atoms with van der Waals surface area (Å²) in [5, 5.41) is 9.94. The van der Waals surface area contributed by atoms with Crippen LogP contribution in [0.3, 0.4) is 0 Å². The molecule has 0 aromatic heterocycles. The minimum atomic E-state index is -0.380. The molecule has 0 saturated heterocycles. The van der Waals surface area contributed by atoms with Crippen molar-refractivity contribution in [3.63, 3.8) is 0 Å². The highest BCUT2D eigenvalue weighted by Gasteiger charge is 2.20. The highest BCUT2D eigenvalue weighted by Crippen LogP contribution is 2.23. The molecule has 0 amide bonds. The minimum absolute atomic E-state index is 0.380. The van der Waals surface area contributed by atoms with Gasteiger partial charge in [0.05, 0.1) is 5.60 Å². The lowest BCUT2D eigenvalue weighted by Gasteiger charge is -2.25. The minimum Gasteiger partial charge on any atom is -0.390 e. The first kappa shape index (κ1) is 18.3. The molecule has 100 valence electrons. The van der Waals surface area contributed by atoms with Gasteiger partial charge in [-0.25, -0.2) is 0 Å². The van der Waals surface area contributed by atoms with Crippen LogP contribution >= 0.6 is 0 Å². The lowest BCUT2D eigenvalue weighted by atomic mass is 9.90. The molecule has 1 nitrogen and oxygen atoms in total. The van der Waals surface area contributed by atoms with Crippen molar-refractivity contribution in [2.24, 2.45) is 11.8 Å².